The predicted molar refractivity (Wildman–Crippen MR) is 104 cm³/mol. The van der Waals surface area contributed by atoms with Gasteiger partial charge in [0, 0.05) is 32.6 Å². The van der Waals surface area contributed by atoms with E-state index in [4.69, 9.17) is 0 Å². The highest BCUT2D eigenvalue weighted by Crippen LogP contribution is 2.11. The van der Waals surface area contributed by atoms with Crippen LogP contribution >= 0.6 is 0 Å². The van der Waals surface area contributed by atoms with Crippen LogP contribution in [0.25, 0.3) is 0 Å². The van der Waals surface area contributed by atoms with Crippen molar-refractivity contribution in [1.82, 2.24) is 15.5 Å². The van der Waals surface area contributed by atoms with E-state index in [0.717, 1.165) is 5.56 Å². The summed E-state index contributed by atoms with van der Waals surface area (Å²) in [6.07, 6.45) is 0.897. The summed E-state index contributed by atoms with van der Waals surface area (Å²) in [7, 11) is -1.15. The molecule has 0 aliphatic carbocycles. The van der Waals surface area contributed by atoms with Crippen molar-refractivity contribution < 1.29 is 13.2 Å². The maximum atomic E-state index is 12.3. The Hall–Kier alpha value is -2.09. The quantitative estimate of drug-likeness (QED) is 0.539. The third kappa shape index (κ3) is 6.67. The Bertz CT molecular complexity index is 719. The van der Waals surface area contributed by atoms with Gasteiger partial charge in [-0.1, -0.05) is 30.3 Å². The van der Waals surface area contributed by atoms with Gasteiger partial charge in [0.1, 0.15) is 0 Å². The molecule has 0 bridgehead atoms. The number of rotatable bonds is 7. The smallest absolute Gasteiger partial charge is 0.224 e. The van der Waals surface area contributed by atoms with E-state index in [1.54, 1.807) is 11.9 Å². The first-order valence-electron chi connectivity index (χ1n) is 8.93. The summed E-state index contributed by atoms with van der Waals surface area (Å²) >= 11 is 0. The highest BCUT2D eigenvalue weighted by atomic mass is 32.2. The molecule has 8 heteroatoms. The van der Waals surface area contributed by atoms with E-state index in [9.17, 15) is 13.2 Å². The highest BCUT2D eigenvalue weighted by Gasteiger charge is 2.28. The summed E-state index contributed by atoms with van der Waals surface area (Å²) < 4.78 is 23.1. The van der Waals surface area contributed by atoms with E-state index in [2.05, 4.69) is 15.6 Å². The zero-order valence-corrected chi connectivity index (χ0v) is 16.3. The normalized spacial score (nSPS) is 19.2. The molecule has 1 amide bonds. The molecule has 7 nitrogen and oxygen atoms in total. The van der Waals surface area contributed by atoms with Crippen LogP contribution in [0.1, 0.15) is 25.3 Å². The van der Waals surface area contributed by atoms with Crippen molar-refractivity contribution in [2.45, 2.75) is 32.4 Å². The number of amides is 1. The fourth-order valence-corrected chi connectivity index (χ4v) is 4.50. The molecule has 0 radical (unpaired) electrons. The van der Waals surface area contributed by atoms with Crippen molar-refractivity contribution in [2.24, 2.45) is 4.99 Å². The number of aliphatic imine (C=N–C) groups is 1. The van der Waals surface area contributed by atoms with Crippen LogP contribution in [0.15, 0.2) is 35.3 Å². The van der Waals surface area contributed by atoms with Gasteiger partial charge in [-0.15, -0.1) is 0 Å². The summed E-state index contributed by atoms with van der Waals surface area (Å²) in [5.41, 5.74) is 1.09. The predicted octanol–water partition coefficient (Wildman–Crippen LogP) is 0.777. The molecule has 1 aliphatic heterocycles. The average molecular weight is 381 g/mol. The molecule has 2 N–H and O–H groups in total. The summed E-state index contributed by atoms with van der Waals surface area (Å²) in [5, 5.41) is 6.25. The minimum Gasteiger partial charge on any atom is -0.357 e. The number of hydrogen-bond donors (Lipinski definition) is 2. The van der Waals surface area contributed by atoms with Gasteiger partial charge in [-0.25, -0.2) is 8.42 Å². The van der Waals surface area contributed by atoms with Crippen LogP contribution in [0.5, 0.6) is 0 Å². The molecule has 1 atom stereocenters. The van der Waals surface area contributed by atoms with E-state index < -0.39 is 9.84 Å². The maximum absolute atomic E-state index is 12.3. The fourth-order valence-electron chi connectivity index (χ4n) is 2.82. The van der Waals surface area contributed by atoms with Gasteiger partial charge in [-0.3, -0.25) is 9.79 Å². The van der Waals surface area contributed by atoms with E-state index in [0.29, 0.717) is 38.4 Å². The summed E-state index contributed by atoms with van der Waals surface area (Å²) in [4.78, 5) is 18.3. The Morgan fingerprint density at radius 3 is 2.65 bits per heavy atom. The maximum Gasteiger partial charge on any atom is 0.224 e. The summed E-state index contributed by atoms with van der Waals surface area (Å²) in [6, 6.07) is 9.72. The van der Waals surface area contributed by atoms with E-state index in [1.807, 2.05) is 37.3 Å². The molecule has 1 saturated heterocycles. The molecule has 1 heterocycles. The number of guanidine groups is 1. The molecule has 1 aromatic carbocycles. The lowest BCUT2D eigenvalue weighted by molar-refractivity contribution is -0.130. The molecular weight excluding hydrogens is 352 g/mol. The lowest BCUT2D eigenvalue weighted by Gasteiger charge is -2.18. The minimum atomic E-state index is -2.94. The van der Waals surface area contributed by atoms with E-state index >= 15 is 0 Å². The van der Waals surface area contributed by atoms with Crippen molar-refractivity contribution in [3.8, 4) is 0 Å². The van der Waals surface area contributed by atoms with Crippen LogP contribution in [0, 0.1) is 0 Å². The second-order valence-electron chi connectivity index (χ2n) is 6.49. The second kappa shape index (κ2) is 9.56. The molecular formula is C18H28N4O3S. The lowest BCUT2D eigenvalue weighted by Crippen LogP contribution is -2.44. The number of benzene rings is 1. The van der Waals surface area contributed by atoms with Crippen LogP contribution < -0.4 is 10.6 Å². The second-order valence-corrected chi connectivity index (χ2v) is 8.72. The monoisotopic (exact) mass is 380 g/mol. The van der Waals surface area contributed by atoms with Crippen molar-refractivity contribution >= 4 is 21.7 Å². The van der Waals surface area contributed by atoms with Crippen molar-refractivity contribution in [2.75, 3.05) is 31.6 Å². The number of nitrogens with zero attached hydrogens (tertiary/aromatic N) is 2. The van der Waals surface area contributed by atoms with Gasteiger partial charge in [-0.05, 0) is 18.9 Å². The van der Waals surface area contributed by atoms with Crippen LogP contribution in [0.2, 0.25) is 0 Å². The topological polar surface area (TPSA) is 90.9 Å². The summed E-state index contributed by atoms with van der Waals surface area (Å²) in [5.74, 6) is 0.938. The van der Waals surface area contributed by atoms with Gasteiger partial charge in [0.2, 0.25) is 5.91 Å². The Kier molecular flexibility index (Phi) is 7.44. The Morgan fingerprint density at radius 2 is 2.04 bits per heavy atom. The average Bonchev–Trinajstić information content (AvgIpc) is 2.94. The zero-order valence-electron chi connectivity index (χ0n) is 15.4. The van der Waals surface area contributed by atoms with E-state index in [-0.39, 0.29) is 23.5 Å². The van der Waals surface area contributed by atoms with Crippen molar-refractivity contribution in [1.29, 1.82) is 0 Å². The Morgan fingerprint density at radius 1 is 1.31 bits per heavy atom. The minimum absolute atomic E-state index is 0.0249. The first-order chi connectivity index (χ1) is 12.4. The molecule has 1 aliphatic rings. The van der Waals surface area contributed by atoms with Gasteiger partial charge in [0.05, 0.1) is 18.1 Å². The largest absolute Gasteiger partial charge is 0.357 e. The van der Waals surface area contributed by atoms with Gasteiger partial charge in [0.25, 0.3) is 0 Å². The van der Waals surface area contributed by atoms with Gasteiger partial charge in [0.15, 0.2) is 15.8 Å². The molecule has 26 heavy (non-hydrogen) atoms. The number of nitrogens with one attached hydrogen (secondary N) is 2. The molecule has 1 aromatic rings. The van der Waals surface area contributed by atoms with Crippen molar-refractivity contribution in [3.05, 3.63) is 35.9 Å². The lowest BCUT2D eigenvalue weighted by atomic mass is 10.2. The number of carbonyl (C=O) groups excluding carboxylic acids is 1. The fraction of sp³-hybridized carbons (Fsp3) is 0.556. The molecule has 0 spiro atoms. The van der Waals surface area contributed by atoms with Gasteiger partial charge in [-0.2, -0.15) is 0 Å². The standard InChI is InChI=1S/C18H28N4O3S/c1-3-19-18(21-16-10-12-26(24,25)14-16)20-11-9-17(23)22(2)13-15-7-5-4-6-8-15/h4-8,16H,3,9-14H2,1-2H3,(H2,19,20,21). The van der Waals surface area contributed by atoms with Crippen LogP contribution in [0.4, 0.5) is 0 Å². The molecule has 144 valence electrons. The summed E-state index contributed by atoms with van der Waals surface area (Å²) in [6.45, 7) is 3.54. The third-order valence-electron chi connectivity index (χ3n) is 4.20. The molecule has 0 saturated carbocycles. The van der Waals surface area contributed by atoms with Crippen LogP contribution in [-0.4, -0.2) is 62.9 Å². The first-order valence-corrected chi connectivity index (χ1v) is 10.7. The highest BCUT2D eigenvalue weighted by molar-refractivity contribution is 7.91. The van der Waals surface area contributed by atoms with Crippen molar-refractivity contribution in [3.63, 3.8) is 0 Å². The molecule has 1 fully saturated rings. The Balaban J connectivity index is 1.82. The molecule has 0 aromatic heterocycles. The first kappa shape index (κ1) is 20.2. The number of hydrogen-bond acceptors (Lipinski definition) is 4. The Labute approximate surface area is 155 Å². The van der Waals surface area contributed by atoms with Gasteiger partial charge < -0.3 is 15.5 Å². The number of sulfone groups is 1. The SMILES string of the molecule is CCNC(=NCCC(=O)N(C)Cc1ccccc1)NC1CCS(=O)(=O)C1. The van der Waals surface area contributed by atoms with E-state index in [1.165, 1.54) is 0 Å². The number of carbonyl (C=O) groups is 1. The molecule has 1 unspecified atom stereocenters. The van der Waals surface area contributed by atoms with Crippen LogP contribution in [0.3, 0.4) is 0 Å². The van der Waals surface area contributed by atoms with Crippen LogP contribution in [-0.2, 0) is 21.2 Å². The molecule has 2 rings (SSSR count). The zero-order chi connectivity index (χ0) is 19.0. The van der Waals surface area contributed by atoms with Gasteiger partial charge >= 0.3 is 0 Å². The third-order valence-corrected chi connectivity index (χ3v) is 5.97.